The normalized spacial score (nSPS) is 16.1. The van der Waals surface area contributed by atoms with Crippen LogP contribution in [0, 0.1) is 0 Å². The van der Waals surface area contributed by atoms with Gasteiger partial charge in [-0.05, 0) is 18.9 Å². The monoisotopic (exact) mass is 282 g/mol. The molecule has 6 heteroatoms. The molecule has 0 saturated carbocycles. The molecule has 0 bridgehead atoms. The number of pyridine rings is 1. The summed E-state index contributed by atoms with van der Waals surface area (Å²) in [6.45, 7) is 1.10. The molecule has 1 fully saturated rings. The average molecular weight is 282 g/mol. The SMILES string of the molecule is O=c1[nH]c2ccccc2c(N2CCCC2)c1C(F)(F)F. The number of hydrogen-bond donors (Lipinski definition) is 1. The lowest BCUT2D eigenvalue weighted by Gasteiger charge is -2.23. The summed E-state index contributed by atoms with van der Waals surface area (Å²) in [5.41, 5.74) is -1.70. The predicted octanol–water partition coefficient (Wildman–Crippen LogP) is 3.15. The van der Waals surface area contributed by atoms with Gasteiger partial charge >= 0.3 is 6.18 Å². The van der Waals surface area contributed by atoms with Crippen LogP contribution in [0.2, 0.25) is 0 Å². The molecule has 1 aliphatic heterocycles. The second kappa shape index (κ2) is 4.54. The van der Waals surface area contributed by atoms with Crippen molar-refractivity contribution >= 4 is 16.6 Å². The maximum Gasteiger partial charge on any atom is 0.423 e. The number of para-hydroxylation sites is 1. The van der Waals surface area contributed by atoms with Gasteiger partial charge in [0.15, 0.2) is 0 Å². The third-order valence-electron chi connectivity index (χ3n) is 3.60. The van der Waals surface area contributed by atoms with Crippen molar-refractivity contribution in [1.29, 1.82) is 0 Å². The fourth-order valence-electron chi connectivity index (χ4n) is 2.76. The van der Waals surface area contributed by atoms with Gasteiger partial charge in [-0.15, -0.1) is 0 Å². The molecule has 3 rings (SSSR count). The van der Waals surface area contributed by atoms with Crippen LogP contribution in [0.25, 0.3) is 10.9 Å². The minimum atomic E-state index is -4.66. The molecule has 1 aliphatic rings. The second-order valence-electron chi connectivity index (χ2n) is 4.92. The molecule has 0 aliphatic carbocycles. The highest BCUT2D eigenvalue weighted by Gasteiger charge is 2.39. The highest BCUT2D eigenvalue weighted by Crippen LogP contribution is 2.39. The molecular weight excluding hydrogens is 269 g/mol. The summed E-state index contributed by atoms with van der Waals surface area (Å²) in [6.07, 6.45) is -2.97. The van der Waals surface area contributed by atoms with Crippen LogP contribution in [0.4, 0.5) is 18.9 Å². The third-order valence-corrected chi connectivity index (χ3v) is 3.60. The van der Waals surface area contributed by atoms with Gasteiger partial charge < -0.3 is 9.88 Å². The molecule has 2 aromatic rings. The number of benzene rings is 1. The number of nitrogens with zero attached hydrogens (tertiary/aromatic N) is 1. The molecule has 1 aromatic carbocycles. The van der Waals surface area contributed by atoms with E-state index in [1.54, 1.807) is 29.2 Å². The van der Waals surface area contributed by atoms with Crippen molar-refractivity contribution in [2.45, 2.75) is 19.0 Å². The van der Waals surface area contributed by atoms with Crippen LogP contribution >= 0.6 is 0 Å². The van der Waals surface area contributed by atoms with E-state index in [1.165, 1.54) is 0 Å². The van der Waals surface area contributed by atoms with E-state index in [-0.39, 0.29) is 5.69 Å². The summed E-state index contributed by atoms with van der Waals surface area (Å²) >= 11 is 0. The smallest absolute Gasteiger partial charge is 0.370 e. The highest BCUT2D eigenvalue weighted by atomic mass is 19.4. The Hall–Kier alpha value is -1.98. The van der Waals surface area contributed by atoms with Gasteiger partial charge in [-0.1, -0.05) is 18.2 Å². The Balaban J connectivity index is 2.38. The molecule has 0 unspecified atom stereocenters. The van der Waals surface area contributed by atoms with E-state index in [9.17, 15) is 18.0 Å². The Labute approximate surface area is 113 Å². The molecule has 0 amide bonds. The predicted molar refractivity (Wildman–Crippen MR) is 71.0 cm³/mol. The van der Waals surface area contributed by atoms with Crippen LogP contribution in [-0.2, 0) is 6.18 Å². The van der Waals surface area contributed by atoms with E-state index in [2.05, 4.69) is 4.98 Å². The molecule has 0 atom stereocenters. The van der Waals surface area contributed by atoms with Crippen LogP contribution in [0.15, 0.2) is 29.1 Å². The van der Waals surface area contributed by atoms with Gasteiger partial charge in [0.25, 0.3) is 5.56 Å². The first-order valence-corrected chi connectivity index (χ1v) is 6.45. The van der Waals surface area contributed by atoms with Crippen LogP contribution in [0.5, 0.6) is 0 Å². The first kappa shape index (κ1) is 13.0. The third kappa shape index (κ3) is 2.05. The number of aromatic nitrogens is 1. The van der Waals surface area contributed by atoms with Crippen LogP contribution in [0.3, 0.4) is 0 Å². The molecular formula is C14H13F3N2O. The Morgan fingerprint density at radius 1 is 1.10 bits per heavy atom. The van der Waals surface area contributed by atoms with E-state index in [0.717, 1.165) is 12.8 Å². The van der Waals surface area contributed by atoms with Gasteiger partial charge in [0.1, 0.15) is 5.56 Å². The minimum absolute atomic E-state index is 0.0225. The van der Waals surface area contributed by atoms with Gasteiger partial charge in [0.2, 0.25) is 0 Å². The molecule has 1 N–H and O–H groups in total. The number of alkyl halides is 3. The Morgan fingerprint density at radius 2 is 1.75 bits per heavy atom. The first-order chi connectivity index (χ1) is 9.48. The van der Waals surface area contributed by atoms with Crippen molar-refractivity contribution in [2.75, 3.05) is 18.0 Å². The van der Waals surface area contributed by atoms with E-state index in [1.807, 2.05) is 0 Å². The van der Waals surface area contributed by atoms with E-state index >= 15 is 0 Å². The van der Waals surface area contributed by atoms with Crippen molar-refractivity contribution in [3.63, 3.8) is 0 Å². The zero-order valence-electron chi connectivity index (χ0n) is 10.6. The topological polar surface area (TPSA) is 36.1 Å². The van der Waals surface area contributed by atoms with Crippen LogP contribution < -0.4 is 10.5 Å². The lowest BCUT2D eigenvalue weighted by Crippen LogP contribution is -2.29. The zero-order chi connectivity index (χ0) is 14.3. The van der Waals surface area contributed by atoms with Gasteiger partial charge in [-0.2, -0.15) is 13.2 Å². The summed E-state index contributed by atoms with van der Waals surface area (Å²) in [4.78, 5) is 15.8. The zero-order valence-corrected chi connectivity index (χ0v) is 10.6. The molecule has 2 heterocycles. The van der Waals surface area contributed by atoms with Crippen molar-refractivity contribution < 1.29 is 13.2 Å². The van der Waals surface area contributed by atoms with Gasteiger partial charge in [0, 0.05) is 18.5 Å². The summed E-state index contributed by atoms with van der Waals surface area (Å²) in [7, 11) is 0. The molecule has 3 nitrogen and oxygen atoms in total. The number of H-pyrrole nitrogens is 1. The first-order valence-electron chi connectivity index (χ1n) is 6.45. The van der Waals surface area contributed by atoms with Gasteiger partial charge in [-0.3, -0.25) is 4.79 Å². The number of fused-ring (bicyclic) bond motifs is 1. The number of anilines is 1. The molecule has 1 aromatic heterocycles. The number of hydrogen-bond acceptors (Lipinski definition) is 2. The van der Waals surface area contributed by atoms with E-state index in [4.69, 9.17) is 0 Å². The fourth-order valence-corrected chi connectivity index (χ4v) is 2.76. The Morgan fingerprint density at radius 3 is 2.40 bits per heavy atom. The maximum atomic E-state index is 13.2. The number of aromatic amines is 1. The number of halogens is 3. The van der Waals surface area contributed by atoms with Crippen molar-refractivity contribution in [3.8, 4) is 0 Å². The molecule has 1 saturated heterocycles. The Kier molecular flexibility index (Phi) is 2.96. The fraction of sp³-hybridized carbons (Fsp3) is 0.357. The molecule has 106 valence electrons. The van der Waals surface area contributed by atoms with Gasteiger partial charge in [-0.25, -0.2) is 0 Å². The number of nitrogens with one attached hydrogen (secondary N) is 1. The average Bonchev–Trinajstić information content (AvgIpc) is 2.89. The van der Waals surface area contributed by atoms with Crippen LogP contribution in [0.1, 0.15) is 18.4 Å². The lowest BCUT2D eigenvalue weighted by molar-refractivity contribution is -0.138. The number of rotatable bonds is 1. The summed E-state index contributed by atoms with van der Waals surface area (Å²) in [6, 6.07) is 6.62. The molecule has 0 radical (unpaired) electrons. The van der Waals surface area contributed by atoms with Crippen molar-refractivity contribution in [3.05, 3.63) is 40.2 Å². The lowest BCUT2D eigenvalue weighted by atomic mass is 10.1. The van der Waals surface area contributed by atoms with Gasteiger partial charge in [0.05, 0.1) is 11.2 Å². The van der Waals surface area contributed by atoms with Crippen molar-refractivity contribution in [1.82, 2.24) is 4.98 Å². The maximum absolute atomic E-state index is 13.2. The summed E-state index contributed by atoms with van der Waals surface area (Å²) < 4.78 is 39.7. The van der Waals surface area contributed by atoms with Crippen molar-refractivity contribution in [2.24, 2.45) is 0 Å². The largest absolute Gasteiger partial charge is 0.423 e. The van der Waals surface area contributed by atoms with E-state index in [0.29, 0.717) is 24.0 Å². The van der Waals surface area contributed by atoms with E-state index < -0.39 is 17.3 Å². The summed E-state index contributed by atoms with van der Waals surface area (Å²) in [5.74, 6) is 0. The van der Waals surface area contributed by atoms with Crippen LogP contribution in [-0.4, -0.2) is 18.1 Å². The quantitative estimate of drug-likeness (QED) is 0.872. The molecule has 0 spiro atoms. The molecule has 20 heavy (non-hydrogen) atoms. The standard InChI is InChI=1S/C14H13F3N2O/c15-14(16,17)11-12(19-7-3-4-8-19)9-5-1-2-6-10(9)18-13(11)20/h1-2,5-6H,3-4,7-8H2,(H,18,20). The Bertz CT molecular complexity index is 700. The highest BCUT2D eigenvalue weighted by molar-refractivity contribution is 5.93. The summed E-state index contributed by atoms with van der Waals surface area (Å²) in [5, 5.41) is 0.446. The minimum Gasteiger partial charge on any atom is -0.370 e. The second-order valence-corrected chi connectivity index (χ2v) is 4.92.